The molecule has 0 atom stereocenters. The summed E-state index contributed by atoms with van der Waals surface area (Å²) in [4.78, 5) is 26.1. The Balaban J connectivity index is 0.00000113. The number of hydrogen-bond donors (Lipinski definition) is 1. The number of ketones is 1. The first-order chi connectivity index (χ1) is 12.6. The Morgan fingerprint density at radius 2 is 1.88 bits per heavy atom. The fourth-order valence-electron chi connectivity index (χ4n) is 1.96. The van der Waals surface area contributed by atoms with Gasteiger partial charge >= 0.3 is 5.97 Å². The van der Waals surface area contributed by atoms with Crippen molar-refractivity contribution >= 4 is 22.7 Å². The van der Waals surface area contributed by atoms with E-state index in [0.717, 1.165) is 11.9 Å². The smallest absolute Gasteiger partial charge is 0.379 e. The van der Waals surface area contributed by atoms with E-state index in [4.69, 9.17) is 4.74 Å². The first-order valence-corrected chi connectivity index (χ1v) is 8.67. The highest BCUT2D eigenvalue weighted by molar-refractivity contribution is 6.42. The van der Waals surface area contributed by atoms with E-state index in [1.807, 2.05) is 32.9 Å². The fraction of sp³-hybridized carbons (Fsp3) is 0.333. The molecular weight excluding hydrogens is 330 g/mol. The number of rotatable bonds is 6. The van der Waals surface area contributed by atoms with Gasteiger partial charge in [-0.25, -0.2) is 4.79 Å². The molecule has 1 aromatic heterocycles. The van der Waals surface area contributed by atoms with Crippen LogP contribution in [-0.2, 0) is 9.53 Å². The molecule has 0 aliphatic carbocycles. The summed E-state index contributed by atoms with van der Waals surface area (Å²) < 4.78 is 10.0. The van der Waals surface area contributed by atoms with E-state index in [2.05, 4.69) is 23.2 Å². The van der Waals surface area contributed by atoms with Gasteiger partial charge in [-0.1, -0.05) is 39.0 Å². The summed E-state index contributed by atoms with van der Waals surface area (Å²) in [5.74, 6) is -0.841. The van der Waals surface area contributed by atoms with Crippen molar-refractivity contribution in [3.05, 3.63) is 54.8 Å². The molecule has 0 amide bonds. The average Bonchev–Trinajstić information content (AvgIpc) is 3.09. The van der Waals surface area contributed by atoms with Crippen LogP contribution in [0, 0.1) is 0 Å². The third-order valence-corrected chi connectivity index (χ3v) is 3.02. The molecule has 0 aliphatic rings. The number of aromatic nitrogens is 1. The Kier molecular flexibility index (Phi) is 12.0. The Labute approximate surface area is 155 Å². The summed E-state index contributed by atoms with van der Waals surface area (Å²) in [5, 5.41) is 0.668. The molecule has 26 heavy (non-hydrogen) atoms. The van der Waals surface area contributed by atoms with Crippen LogP contribution in [0.2, 0.25) is 0 Å². The first-order valence-electron chi connectivity index (χ1n) is 8.67. The largest absolute Gasteiger partial charge is 0.489 e. The van der Waals surface area contributed by atoms with Crippen molar-refractivity contribution in [1.82, 2.24) is 4.98 Å². The van der Waals surface area contributed by atoms with Crippen molar-refractivity contribution < 1.29 is 19.1 Å². The van der Waals surface area contributed by atoms with Gasteiger partial charge in [0.25, 0.3) is 5.78 Å². The lowest BCUT2D eigenvalue weighted by Crippen LogP contribution is -2.15. The number of H-pyrrole nitrogens is 1. The number of allylic oxidation sites excluding steroid dienone is 2. The van der Waals surface area contributed by atoms with Crippen LogP contribution >= 0.6 is 0 Å². The highest BCUT2D eigenvalue weighted by Gasteiger charge is 2.20. The molecule has 0 bridgehead atoms. The molecule has 0 spiro atoms. The highest BCUT2D eigenvalue weighted by atomic mass is 16.5. The van der Waals surface area contributed by atoms with Gasteiger partial charge < -0.3 is 14.5 Å². The summed E-state index contributed by atoms with van der Waals surface area (Å²) in [6, 6.07) is 5.31. The molecular formula is C21H29NO4. The molecule has 0 saturated carbocycles. The Bertz CT molecular complexity index is 729. The maximum absolute atomic E-state index is 11.8. The molecule has 1 heterocycles. The molecule has 5 heteroatoms. The summed E-state index contributed by atoms with van der Waals surface area (Å²) in [7, 11) is 1.19. The maximum atomic E-state index is 11.8. The van der Waals surface area contributed by atoms with Crippen LogP contribution < -0.4 is 4.74 Å². The minimum Gasteiger partial charge on any atom is -0.489 e. The lowest BCUT2D eigenvalue weighted by Gasteiger charge is -2.03. The summed E-state index contributed by atoms with van der Waals surface area (Å²) in [6.07, 6.45) is 8.20. The van der Waals surface area contributed by atoms with Crippen molar-refractivity contribution in [2.24, 2.45) is 0 Å². The summed E-state index contributed by atoms with van der Waals surface area (Å²) >= 11 is 0. The van der Waals surface area contributed by atoms with Crippen molar-refractivity contribution in [1.29, 1.82) is 0 Å². The topological polar surface area (TPSA) is 68.4 Å². The van der Waals surface area contributed by atoms with Crippen LogP contribution in [0.15, 0.2) is 49.2 Å². The van der Waals surface area contributed by atoms with Crippen molar-refractivity contribution in [2.45, 2.75) is 34.1 Å². The predicted molar refractivity (Wildman–Crippen MR) is 107 cm³/mol. The van der Waals surface area contributed by atoms with E-state index in [1.165, 1.54) is 13.3 Å². The second kappa shape index (κ2) is 13.5. The monoisotopic (exact) mass is 359 g/mol. The molecule has 2 rings (SSSR count). The number of Topliss-reactive ketones (excluding diaryl/α,β-unsaturated/α-hetero) is 1. The third-order valence-electron chi connectivity index (χ3n) is 3.02. The van der Waals surface area contributed by atoms with E-state index in [9.17, 15) is 9.59 Å². The first kappa shape index (κ1) is 23.2. The van der Waals surface area contributed by atoms with Gasteiger partial charge in [0, 0.05) is 23.2 Å². The number of carbonyl (C=O) groups excluding carboxylic acids is 2. The lowest BCUT2D eigenvalue weighted by atomic mass is 10.1. The Morgan fingerprint density at radius 1 is 1.23 bits per heavy atom. The molecule has 142 valence electrons. The minimum absolute atomic E-state index is 0.300. The fourth-order valence-corrected chi connectivity index (χ4v) is 1.96. The van der Waals surface area contributed by atoms with E-state index < -0.39 is 11.8 Å². The third kappa shape index (κ3) is 6.97. The van der Waals surface area contributed by atoms with E-state index in [-0.39, 0.29) is 0 Å². The lowest BCUT2D eigenvalue weighted by molar-refractivity contribution is -0.135. The number of benzene rings is 1. The number of esters is 1. The number of ether oxygens (including phenoxy) is 2. The summed E-state index contributed by atoms with van der Waals surface area (Å²) in [6.45, 7) is 11.8. The second-order valence-electron chi connectivity index (χ2n) is 4.83. The zero-order valence-electron chi connectivity index (χ0n) is 16.3. The van der Waals surface area contributed by atoms with Gasteiger partial charge in [0.05, 0.1) is 12.7 Å². The van der Waals surface area contributed by atoms with E-state index >= 15 is 0 Å². The molecule has 0 radical (unpaired) electrons. The van der Waals surface area contributed by atoms with Crippen molar-refractivity contribution in [3.63, 3.8) is 0 Å². The van der Waals surface area contributed by atoms with E-state index in [1.54, 1.807) is 24.3 Å². The van der Waals surface area contributed by atoms with Crippen molar-refractivity contribution in [2.75, 3.05) is 13.7 Å². The molecule has 2 aromatic rings. The van der Waals surface area contributed by atoms with Gasteiger partial charge in [0.2, 0.25) is 0 Å². The number of nitrogens with one attached hydrogen (secondary N) is 1. The minimum atomic E-state index is -0.874. The normalized spacial score (nSPS) is 9.58. The molecule has 0 unspecified atom stereocenters. The van der Waals surface area contributed by atoms with Gasteiger partial charge in [-0.2, -0.15) is 0 Å². The van der Waals surface area contributed by atoms with Crippen LogP contribution in [0.3, 0.4) is 0 Å². The van der Waals surface area contributed by atoms with Crippen LogP contribution in [0.5, 0.6) is 5.75 Å². The number of fused-ring (bicyclic) bond motifs is 1. The number of aromatic amines is 1. The zero-order valence-corrected chi connectivity index (χ0v) is 16.3. The number of carbonyl (C=O) groups is 2. The van der Waals surface area contributed by atoms with Gasteiger partial charge in [-0.15, -0.1) is 6.58 Å². The quantitative estimate of drug-likeness (QED) is 0.338. The van der Waals surface area contributed by atoms with Gasteiger partial charge in [0.15, 0.2) is 0 Å². The average molecular weight is 359 g/mol. The summed E-state index contributed by atoms with van der Waals surface area (Å²) in [5.41, 5.74) is 1.04. The number of methoxy groups -OCH3 is 1. The van der Waals surface area contributed by atoms with Crippen LogP contribution in [0.4, 0.5) is 0 Å². The highest BCUT2D eigenvalue weighted by Crippen LogP contribution is 2.24. The predicted octanol–water partition coefficient (Wildman–Crippen LogP) is 5.09. The van der Waals surface area contributed by atoms with Crippen LogP contribution in [0.1, 0.15) is 44.5 Å². The zero-order chi connectivity index (χ0) is 19.9. The Morgan fingerprint density at radius 3 is 2.46 bits per heavy atom. The van der Waals surface area contributed by atoms with Crippen molar-refractivity contribution in [3.8, 4) is 5.75 Å². The molecule has 5 nitrogen and oxygen atoms in total. The van der Waals surface area contributed by atoms with Crippen LogP contribution in [-0.4, -0.2) is 30.5 Å². The molecule has 0 saturated heterocycles. The van der Waals surface area contributed by atoms with Gasteiger partial charge in [0.1, 0.15) is 12.4 Å². The van der Waals surface area contributed by atoms with Gasteiger partial charge in [-0.3, -0.25) is 4.79 Å². The maximum Gasteiger partial charge on any atom is 0.379 e. The molecule has 1 N–H and O–H groups in total. The molecule has 0 aliphatic heterocycles. The van der Waals surface area contributed by atoms with Crippen LogP contribution in [0.25, 0.3) is 10.9 Å². The van der Waals surface area contributed by atoms with E-state index in [0.29, 0.717) is 23.3 Å². The van der Waals surface area contributed by atoms with Gasteiger partial charge in [-0.05, 0) is 25.5 Å². The molecule has 1 aromatic carbocycles. The standard InChI is InChI=1S/C16H17NO4.C3H6.C2H6/c1-3-4-5-8-21-11-6-7-12-13(10-17-14(12)9-11)15(18)16(19)20-2;1-3-2;1-2/h4-7,9-10,17H,3,8H2,1-2H3;3H,1H2,2H3;1-2H3/b5-4+;;. The second-order valence-corrected chi connectivity index (χ2v) is 4.83. The Hall–Kier alpha value is -2.82. The number of hydrogen-bond acceptors (Lipinski definition) is 4. The molecule has 0 fully saturated rings. The SMILES string of the molecule is C=CC.CC.CC/C=C/COc1ccc2c(C(=O)C(=O)OC)c[nH]c2c1.